The van der Waals surface area contributed by atoms with E-state index >= 15 is 0 Å². The van der Waals surface area contributed by atoms with E-state index in [9.17, 15) is 9.90 Å². The summed E-state index contributed by atoms with van der Waals surface area (Å²) >= 11 is 0. The Morgan fingerprint density at radius 2 is 1.24 bits per heavy atom. The summed E-state index contributed by atoms with van der Waals surface area (Å²) in [5.41, 5.74) is 9.63. The number of benzene rings is 5. The zero-order valence-corrected chi connectivity index (χ0v) is 38.2. The van der Waals surface area contributed by atoms with E-state index < -0.39 is 5.41 Å². The third kappa shape index (κ3) is 11.9. The van der Waals surface area contributed by atoms with Crippen LogP contribution in [0.1, 0.15) is 79.0 Å². The van der Waals surface area contributed by atoms with Crippen LogP contribution in [-0.2, 0) is 30.3 Å². The molecule has 1 N–H and O–H groups in total. The molecule has 7 rings (SSSR count). The zero-order valence-electron chi connectivity index (χ0n) is 35.8. The standard InChI is InChI=1S/C21H16N.C21H20N.C11H20O2.Ir/c1-14-4-3-5-17(13-14)21-20-9-7-16-12-15(2)6-8-18(16)19(20)10-11-22-21;1-21(2,3)19-12-13-22-20(15-19)18-11-7-10-17(14-18)16-8-5-4-6-9-16;1-10(2,3)8(12)7-9(13)11(4,5)6;/h3-4,6-13H,1-2H3;4-10,12-15H,1-3H3;7,12H,1-6H3;/q2*-1;;/b;;8-7-;. The minimum Gasteiger partial charge on any atom is -0.512 e. The number of hydrogen-bond donors (Lipinski definition) is 1. The molecule has 0 aliphatic rings. The number of pyridine rings is 2. The van der Waals surface area contributed by atoms with Crippen LogP contribution in [0.25, 0.3) is 55.2 Å². The summed E-state index contributed by atoms with van der Waals surface area (Å²) in [6, 6.07) is 46.7. The second-order valence-corrected chi connectivity index (χ2v) is 17.8. The SMILES string of the molecule is CC(C)(C)C(=O)/C=C(\O)C(C)(C)C.CC(C)(C)c1ccnc(-c2[c-]ccc(-c3ccccc3)c2)c1.Cc1cc[c-]c(-c2nccc3c2ccc2cc(C)ccc23)c1.[Ir]. The number of aliphatic hydroxyl groups is 1. The molecule has 2 heterocycles. The molecule has 301 valence electrons. The first-order valence-electron chi connectivity index (χ1n) is 19.6. The van der Waals surface area contributed by atoms with Gasteiger partial charge in [0.2, 0.25) is 0 Å². The van der Waals surface area contributed by atoms with E-state index in [4.69, 9.17) is 0 Å². The first-order chi connectivity index (χ1) is 26.8. The van der Waals surface area contributed by atoms with Gasteiger partial charge in [0.15, 0.2) is 5.78 Å². The van der Waals surface area contributed by atoms with Crippen molar-refractivity contribution in [3.05, 3.63) is 168 Å². The van der Waals surface area contributed by atoms with Crippen LogP contribution >= 0.6 is 0 Å². The fourth-order valence-electron chi connectivity index (χ4n) is 6.07. The van der Waals surface area contributed by atoms with Crippen molar-refractivity contribution in [1.29, 1.82) is 0 Å². The molecular weight excluding hydrogens is 889 g/mol. The summed E-state index contributed by atoms with van der Waals surface area (Å²) in [4.78, 5) is 20.6. The molecule has 2 aromatic heterocycles. The van der Waals surface area contributed by atoms with Crippen LogP contribution < -0.4 is 0 Å². The molecule has 0 spiro atoms. The Hall–Kier alpha value is -5.22. The molecule has 0 saturated carbocycles. The second kappa shape index (κ2) is 19.0. The summed E-state index contributed by atoms with van der Waals surface area (Å²) in [5, 5.41) is 14.5. The van der Waals surface area contributed by atoms with E-state index in [1.807, 2.05) is 72.1 Å². The number of carbonyl (C=O) groups is 1. The molecule has 5 aromatic carbocycles. The van der Waals surface area contributed by atoms with E-state index in [-0.39, 0.29) is 42.5 Å². The van der Waals surface area contributed by atoms with Crippen molar-refractivity contribution in [2.75, 3.05) is 0 Å². The number of hydrogen-bond acceptors (Lipinski definition) is 4. The molecule has 0 saturated heterocycles. The van der Waals surface area contributed by atoms with Gasteiger partial charge in [-0.1, -0.05) is 142 Å². The van der Waals surface area contributed by atoms with Gasteiger partial charge in [-0.25, -0.2) is 0 Å². The van der Waals surface area contributed by atoms with Crippen LogP contribution in [0.3, 0.4) is 0 Å². The molecule has 0 aliphatic heterocycles. The molecule has 0 unspecified atom stereocenters. The largest absolute Gasteiger partial charge is 0.512 e. The Morgan fingerprint density at radius 3 is 1.90 bits per heavy atom. The summed E-state index contributed by atoms with van der Waals surface area (Å²) < 4.78 is 0. The van der Waals surface area contributed by atoms with Crippen LogP contribution in [0.5, 0.6) is 0 Å². The van der Waals surface area contributed by atoms with Gasteiger partial charge >= 0.3 is 0 Å². The number of ketones is 1. The fourth-order valence-corrected chi connectivity index (χ4v) is 6.07. The van der Waals surface area contributed by atoms with Gasteiger partial charge < -0.3 is 15.1 Å². The number of rotatable bonds is 4. The van der Waals surface area contributed by atoms with Crippen molar-refractivity contribution >= 4 is 27.3 Å². The molecule has 4 nitrogen and oxygen atoms in total. The first kappa shape index (κ1) is 45.5. The van der Waals surface area contributed by atoms with Crippen molar-refractivity contribution in [1.82, 2.24) is 9.97 Å². The number of fused-ring (bicyclic) bond motifs is 3. The van der Waals surface area contributed by atoms with E-state index in [1.54, 1.807) is 0 Å². The molecule has 1 radical (unpaired) electrons. The Bertz CT molecular complexity index is 2520. The van der Waals surface area contributed by atoms with Crippen molar-refractivity contribution in [3.8, 4) is 33.6 Å². The second-order valence-electron chi connectivity index (χ2n) is 17.8. The summed E-state index contributed by atoms with van der Waals surface area (Å²) in [7, 11) is 0. The van der Waals surface area contributed by atoms with E-state index in [1.165, 1.54) is 55.4 Å². The third-order valence-corrected chi connectivity index (χ3v) is 9.72. The summed E-state index contributed by atoms with van der Waals surface area (Å²) in [5.74, 6) is 0.104. The van der Waals surface area contributed by atoms with Crippen LogP contribution in [0.2, 0.25) is 0 Å². The minimum absolute atomic E-state index is 0. The van der Waals surface area contributed by atoms with Gasteiger partial charge in [-0.05, 0) is 68.5 Å². The van der Waals surface area contributed by atoms with E-state index in [0.717, 1.165) is 22.5 Å². The van der Waals surface area contributed by atoms with Gasteiger partial charge in [-0.2, -0.15) is 0 Å². The van der Waals surface area contributed by atoms with E-state index in [2.05, 4.69) is 154 Å². The number of nitrogens with zero attached hydrogens (tertiary/aromatic N) is 2. The smallest absolute Gasteiger partial charge is 0.164 e. The van der Waals surface area contributed by atoms with Gasteiger partial charge in [0.1, 0.15) is 5.76 Å². The van der Waals surface area contributed by atoms with Crippen LogP contribution in [-0.4, -0.2) is 20.9 Å². The molecule has 7 aromatic rings. The monoisotopic (exact) mass is 945 g/mol. The van der Waals surface area contributed by atoms with Crippen LogP contribution in [0, 0.1) is 36.8 Å². The molecule has 58 heavy (non-hydrogen) atoms. The van der Waals surface area contributed by atoms with Crippen molar-refractivity contribution < 1.29 is 30.0 Å². The average molecular weight is 945 g/mol. The fraction of sp³-hybridized carbons (Fsp3) is 0.264. The Labute approximate surface area is 359 Å². The molecule has 0 bridgehead atoms. The average Bonchev–Trinajstić information content (AvgIpc) is 3.17. The van der Waals surface area contributed by atoms with Gasteiger partial charge in [0.05, 0.1) is 0 Å². The predicted molar refractivity (Wildman–Crippen MR) is 240 cm³/mol. The number of carbonyl (C=O) groups excluding carboxylic acids is 1. The van der Waals surface area contributed by atoms with E-state index in [0.29, 0.717) is 0 Å². The normalized spacial score (nSPS) is 11.8. The molecular formula is C53H56IrN2O2-2. The maximum absolute atomic E-state index is 11.5. The number of aryl methyl sites for hydroxylation is 2. The maximum atomic E-state index is 11.5. The van der Waals surface area contributed by atoms with Crippen molar-refractivity contribution in [2.45, 2.75) is 81.6 Å². The van der Waals surface area contributed by atoms with Crippen molar-refractivity contribution in [2.24, 2.45) is 10.8 Å². The van der Waals surface area contributed by atoms with Crippen molar-refractivity contribution in [3.63, 3.8) is 0 Å². The van der Waals surface area contributed by atoms with Gasteiger partial charge in [0, 0.05) is 49.4 Å². The third-order valence-electron chi connectivity index (χ3n) is 9.72. The van der Waals surface area contributed by atoms with Gasteiger partial charge in [-0.15, -0.1) is 70.8 Å². The topological polar surface area (TPSA) is 63.1 Å². The zero-order chi connectivity index (χ0) is 41.5. The van der Waals surface area contributed by atoms with Crippen LogP contribution in [0.4, 0.5) is 0 Å². The number of allylic oxidation sites excluding steroid dienone is 2. The van der Waals surface area contributed by atoms with Gasteiger partial charge in [-0.3, -0.25) is 4.79 Å². The summed E-state index contributed by atoms with van der Waals surface area (Å²) in [6.45, 7) is 22.0. The molecule has 5 heteroatoms. The van der Waals surface area contributed by atoms with Crippen LogP contribution in [0.15, 0.2) is 139 Å². The summed E-state index contributed by atoms with van der Waals surface area (Å²) in [6.07, 6.45) is 5.12. The Morgan fingerprint density at radius 1 is 0.603 bits per heavy atom. The molecule has 0 amide bonds. The number of aliphatic hydroxyl groups excluding tert-OH is 1. The molecule has 0 atom stereocenters. The Balaban J connectivity index is 0.000000199. The minimum atomic E-state index is -0.417. The maximum Gasteiger partial charge on any atom is 0.164 e. The van der Waals surface area contributed by atoms with Gasteiger partial charge in [0.25, 0.3) is 0 Å². The quantitative estimate of drug-likeness (QED) is 0.0826. The first-order valence-corrected chi connectivity index (χ1v) is 19.6. The molecule has 0 aliphatic carbocycles. The number of aromatic nitrogens is 2. The molecule has 0 fully saturated rings. The Kier molecular flexibility index (Phi) is 14.9. The predicted octanol–water partition coefficient (Wildman–Crippen LogP) is 14.1.